The van der Waals surface area contributed by atoms with Crippen LogP contribution in [0.15, 0.2) is 46.9 Å². The Kier molecular flexibility index (Phi) is 5.88. The molecule has 0 fully saturated rings. The molecule has 2 N–H and O–H groups in total. The third-order valence-corrected chi connectivity index (χ3v) is 5.50. The topological polar surface area (TPSA) is 70.7 Å². The molecule has 2 heterocycles. The second-order valence-electron chi connectivity index (χ2n) is 5.67. The van der Waals surface area contributed by atoms with Crippen LogP contribution < -0.4 is 5.32 Å². The molecular weight excluding hydrogens is 352 g/mol. The van der Waals surface area contributed by atoms with Crippen LogP contribution in [-0.2, 0) is 4.79 Å². The van der Waals surface area contributed by atoms with Crippen LogP contribution in [0, 0.1) is 6.92 Å². The molecule has 0 aliphatic heterocycles. The minimum atomic E-state index is -0.0140. The lowest BCUT2D eigenvalue weighted by Crippen LogP contribution is -2.29. The molecule has 0 saturated heterocycles. The number of hydrogen-bond donors (Lipinski definition) is 2. The van der Waals surface area contributed by atoms with Crippen LogP contribution in [0.1, 0.15) is 30.5 Å². The molecule has 5 nitrogen and oxygen atoms in total. The van der Waals surface area contributed by atoms with E-state index in [2.05, 4.69) is 58.6 Å². The summed E-state index contributed by atoms with van der Waals surface area (Å²) in [5.41, 5.74) is 2.34. The number of nitrogens with one attached hydrogen (secondary N) is 2. The highest BCUT2D eigenvalue weighted by molar-refractivity contribution is 7.99. The highest BCUT2D eigenvalue weighted by atomic mass is 32.2. The fourth-order valence-electron chi connectivity index (χ4n) is 2.42. The monoisotopic (exact) mass is 372 g/mol. The number of rotatable bonds is 7. The summed E-state index contributed by atoms with van der Waals surface area (Å²) in [7, 11) is 0. The molecule has 130 valence electrons. The van der Waals surface area contributed by atoms with Gasteiger partial charge >= 0.3 is 0 Å². The van der Waals surface area contributed by atoms with Gasteiger partial charge in [-0.2, -0.15) is 0 Å². The van der Waals surface area contributed by atoms with E-state index in [0.717, 1.165) is 22.7 Å². The van der Waals surface area contributed by atoms with Crippen LogP contribution in [-0.4, -0.2) is 26.8 Å². The first-order valence-electron chi connectivity index (χ1n) is 8.10. The van der Waals surface area contributed by atoms with Crippen molar-refractivity contribution in [1.82, 2.24) is 20.5 Å². The predicted molar refractivity (Wildman–Crippen MR) is 103 cm³/mol. The summed E-state index contributed by atoms with van der Waals surface area (Å²) < 4.78 is 0. The van der Waals surface area contributed by atoms with E-state index in [1.54, 1.807) is 11.3 Å². The maximum Gasteiger partial charge on any atom is 0.230 e. The first-order chi connectivity index (χ1) is 12.2. The highest BCUT2D eigenvalue weighted by Crippen LogP contribution is 2.23. The average molecular weight is 373 g/mol. The minimum Gasteiger partial charge on any atom is -0.349 e. The molecule has 0 radical (unpaired) electrons. The molecule has 0 aliphatic carbocycles. The molecule has 1 amide bonds. The van der Waals surface area contributed by atoms with Crippen molar-refractivity contribution in [1.29, 1.82) is 0 Å². The molecule has 7 heteroatoms. The highest BCUT2D eigenvalue weighted by Gasteiger charge is 2.14. The third-order valence-electron chi connectivity index (χ3n) is 3.78. The standard InChI is InChI=1S/C18H20N4OS2/c1-3-14(13-8-6-12(2)7-9-13)19-16(23)11-25-18-20-17(21-22-18)15-5-4-10-24-15/h4-10,14H,3,11H2,1-2H3,(H,19,23)(H,20,21,22)/t14-/m0/s1. The lowest BCUT2D eigenvalue weighted by Gasteiger charge is -2.17. The number of benzene rings is 1. The summed E-state index contributed by atoms with van der Waals surface area (Å²) in [6.45, 7) is 4.13. The number of aromatic amines is 1. The van der Waals surface area contributed by atoms with Crippen molar-refractivity contribution in [3.8, 4) is 10.7 Å². The van der Waals surface area contributed by atoms with Crippen molar-refractivity contribution in [2.45, 2.75) is 31.5 Å². The maximum absolute atomic E-state index is 12.3. The quantitative estimate of drug-likeness (QED) is 0.610. The van der Waals surface area contributed by atoms with E-state index in [1.807, 2.05) is 17.5 Å². The molecule has 3 aromatic rings. The number of thioether (sulfide) groups is 1. The van der Waals surface area contributed by atoms with Gasteiger partial charge in [0.1, 0.15) is 0 Å². The Balaban J connectivity index is 1.54. The Hall–Kier alpha value is -2.12. The maximum atomic E-state index is 12.3. The summed E-state index contributed by atoms with van der Waals surface area (Å²) in [6, 6.07) is 12.3. The van der Waals surface area contributed by atoms with E-state index >= 15 is 0 Å². The van der Waals surface area contributed by atoms with E-state index < -0.39 is 0 Å². The lowest BCUT2D eigenvalue weighted by molar-refractivity contribution is -0.119. The fraction of sp³-hybridized carbons (Fsp3) is 0.278. The molecule has 0 unspecified atom stereocenters. The third kappa shape index (κ3) is 4.70. The number of aromatic nitrogens is 3. The fourth-order valence-corrected chi connectivity index (χ4v) is 3.69. The Labute approximate surface area is 155 Å². The average Bonchev–Trinajstić information content (AvgIpc) is 3.30. The van der Waals surface area contributed by atoms with Crippen molar-refractivity contribution in [2.75, 3.05) is 5.75 Å². The first kappa shape index (κ1) is 17.7. The van der Waals surface area contributed by atoms with Gasteiger partial charge in [-0.1, -0.05) is 54.6 Å². The number of H-pyrrole nitrogens is 1. The summed E-state index contributed by atoms with van der Waals surface area (Å²) in [6.07, 6.45) is 0.850. The molecular formula is C18H20N4OS2. The van der Waals surface area contributed by atoms with Gasteiger partial charge in [-0.25, -0.2) is 4.98 Å². The summed E-state index contributed by atoms with van der Waals surface area (Å²) >= 11 is 2.94. The van der Waals surface area contributed by atoms with E-state index in [-0.39, 0.29) is 11.9 Å². The second-order valence-corrected chi connectivity index (χ2v) is 7.56. The zero-order valence-corrected chi connectivity index (χ0v) is 15.8. The van der Waals surface area contributed by atoms with Crippen molar-refractivity contribution in [3.63, 3.8) is 0 Å². The van der Waals surface area contributed by atoms with Gasteiger partial charge in [-0.15, -0.1) is 16.4 Å². The van der Waals surface area contributed by atoms with Crippen molar-refractivity contribution in [3.05, 3.63) is 52.9 Å². The van der Waals surface area contributed by atoms with Gasteiger partial charge < -0.3 is 5.32 Å². The van der Waals surface area contributed by atoms with Crippen LogP contribution in [0.25, 0.3) is 10.7 Å². The predicted octanol–water partition coefficient (Wildman–Crippen LogP) is 4.20. The molecule has 0 spiro atoms. The smallest absolute Gasteiger partial charge is 0.230 e. The summed E-state index contributed by atoms with van der Waals surface area (Å²) in [5, 5.41) is 12.7. The molecule has 25 heavy (non-hydrogen) atoms. The van der Waals surface area contributed by atoms with E-state index in [0.29, 0.717) is 10.9 Å². The number of carbonyl (C=O) groups is 1. The van der Waals surface area contributed by atoms with Crippen molar-refractivity contribution < 1.29 is 4.79 Å². The van der Waals surface area contributed by atoms with Crippen LogP contribution in [0.4, 0.5) is 0 Å². The van der Waals surface area contributed by atoms with Gasteiger partial charge in [0.15, 0.2) is 5.82 Å². The van der Waals surface area contributed by atoms with Gasteiger partial charge in [-0.3, -0.25) is 9.89 Å². The lowest BCUT2D eigenvalue weighted by atomic mass is 10.0. The number of aryl methyl sites for hydroxylation is 1. The van der Waals surface area contributed by atoms with E-state index in [1.165, 1.54) is 17.3 Å². The molecule has 0 saturated carbocycles. The normalized spacial score (nSPS) is 12.1. The van der Waals surface area contributed by atoms with Gasteiger partial charge in [0, 0.05) is 0 Å². The SMILES string of the molecule is CC[C@H](NC(=O)CSc1n[nH]c(-c2cccs2)n1)c1ccc(C)cc1. The molecule has 1 atom stereocenters. The number of thiophene rings is 1. The van der Waals surface area contributed by atoms with Crippen molar-refractivity contribution >= 4 is 29.0 Å². The molecule has 0 aliphatic rings. The van der Waals surface area contributed by atoms with Crippen LogP contribution in [0.5, 0.6) is 0 Å². The molecule has 2 aromatic heterocycles. The van der Waals surface area contributed by atoms with Gasteiger partial charge in [0.2, 0.25) is 11.1 Å². The zero-order chi connectivity index (χ0) is 17.6. The largest absolute Gasteiger partial charge is 0.349 e. The molecule has 1 aromatic carbocycles. The Morgan fingerprint density at radius 1 is 1.32 bits per heavy atom. The summed E-state index contributed by atoms with van der Waals surface area (Å²) in [4.78, 5) is 17.7. The van der Waals surface area contributed by atoms with E-state index in [4.69, 9.17) is 0 Å². The Morgan fingerprint density at radius 2 is 2.12 bits per heavy atom. The minimum absolute atomic E-state index is 0.0140. The Morgan fingerprint density at radius 3 is 2.80 bits per heavy atom. The van der Waals surface area contributed by atoms with Crippen LogP contribution >= 0.6 is 23.1 Å². The number of hydrogen-bond acceptors (Lipinski definition) is 5. The van der Waals surface area contributed by atoms with Gasteiger partial charge in [0.25, 0.3) is 0 Å². The van der Waals surface area contributed by atoms with Crippen molar-refractivity contribution in [2.24, 2.45) is 0 Å². The van der Waals surface area contributed by atoms with Gasteiger partial charge in [-0.05, 0) is 30.4 Å². The molecule has 3 rings (SSSR count). The number of carbonyl (C=O) groups excluding carboxylic acids is 1. The van der Waals surface area contributed by atoms with Crippen LogP contribution in [0.3, 0.4) is 0 Å². The van der Waals surface area contributed by atoms with Crippen LogP contribution in [0.2, 0.25) is 0 Å². The number of nitrogens with zero attached hydrogens (tertiary/aromatic N) is 2. The van der Waals surface area contributed by atoms with E-state index in [9.17, 15) is 4.79 Å². The second kappa shape index (κ2) is 8.31. The number of amides is 1. The summed E-state index contributed by atoms with van der Waals surface area (Å²) in [5.74, 6) is 1.02. The Bertz CT molecular complexity index is 812. The van der Waals surface area contributed by atoms with Gasteiger partial charge in [0.05, 0.1) is 16.7 Å². The first-order valence-corrected chi connectivity index (χ1v) is 9.97. The zero-order valence-electron chi connectivity index (χ0n) is 14.2. The molecule has 0 bridgehead atoms.